The predicted octanol–water partition coefficient (Wildman–Crippen LogP) is -0.687. The van der Waals surface area contributed by atoms with E-state index in [1.54, 1.807) is 0 Å². The van der Waals surface area contributed by atoms with E-state index in [4.69, 9.17) is 2.74 Å². The Balaban J connectivity index is 0. The molecule has 3 nitrogen and oxygen atoms in total. The van der Waals surface area contributed by atoms with Crippen molar-refractivity contribution in [2.45, 2.75) is 0 Å². The molecule has 0 atom stereocenters. The van der Waals surface area contributed by atoms with Crippen LogP contribution >= 0.6 is 0 Å². The Morgan fingerprint density at radius 2 is 1.83 bits per heavy atom. The number of rotatable bonds is 0. The molecule has 0 aliphatic carbocycles. The molecule has 0 saturated carbocycles. The molecule has 0 rings (SSSR count). The van der Waals surface area contributed by atoms with Gasteiger partial charge in [-0.25, -0.2) is 0 Å². The summed E-state index contributed by atoms with van der Waals surface area (Å²) in [6, 6.07) is 0. The second kappa shape index (κ2) is 8.85. The average molecular weight is 126 g/mol. The fraction of sp³-hybridized carbons (Fsp3) is 0. The summed E-state index contributed by atoms with van der Waals surface area (Å²) in [5.74, 6) is 0. The number of hydrogen-bond donors (Lipinski definition) is 0. The first-order valence-corrected chi connectivity index (χ1v) is 0.816. The summed E-state index contributed by atoms with van der Waals surface area (Å²) in [6.45, 7) is 0. The second-order valence-corrected chi connectivity index (χ2v) is 0.269. The van der Waals surface area contributed by atoms with E-state index in [0.29, 0.717) is 0 Å². The maximum absolute atomic E-state index is 9.36. The third kappa shape index (κ3) is 9.13. The number of hydrogen-bond acceptors (Lipinski definition) is 3. The van der Waals surface area contributed by atoms with Crippen molar-refractivity contribution >= 4 is 12.9 Å². The van der Waals surface area contributed by atoms with Gasteiger partial charge in [0.15, 0.2) is 2.74 Å². The molecule has 0 fully saturated rings. The number of carbonyl (C=O) groups excluding carboxylic acids is 2. The molecule has 32 valence electrons. The summed E-state index contributed by atoms with van der Waals surface area (Å²) in [5, 5.41) is 0. The largest absolute Gasteiger partial charge is 0.398 e. The van der Waals surface area contributed by atoms with E-state index in [1.165, 1.54) is 0 Å². The molecule has 0 spiro atoms. The molecule has 0 amide bonds. The van der Waals surface area contributed by atoms with Gasteiger partial charge in [-0.3, -0.25) is 9.59 Å². The van der Waals surface area contributed by atoms with Crippen LogP contribution in [-0.2, 0) is 36.0 Å². The first-order valence-electron chi connectivity index (χ1n) is 1.82. The van der Waals surface area contributed by atoms with E-state index in [2.05, 4.69) is 4.74 Å². The monoisotopic (exact) mass is 126 g/mol. The summed E-state index contributed by atoms with van der Waals surface area (Å²) in [5.41, 5.74) is 0. The van der Waals surface area contributed by atoms with Gasteiger partial charge in [0.2, 0.25) is 0 Å². The molecule has 0 aliphatic rings. The van der Waals surface area contributed by atoms with E-state index < -0.39 is 12.9 Å². The van der Waals surface area contributed by atoms with Crippen LogP contribution in [0.2, 0.25) is 0 Å². The van der Waals surface area contributed by atoms with Crippen LogP contribution in [0.15, 0.2) is 0 Å². The van der Waals surface area contributed by atoms with Crippen molar-refractivity contribution in [1.82, 2.24) is 0 Å². The molecular weight excluding hydrogens is 120 g/mol. The fourth-order valence-electron chi connectivity index (χ4n) is 0.0170. The van der Waals surface area contributed by atoms with Crippen molar-refractivity contribution in [3.05, 3.63) is 0 Å². The summed E-state index contributed by atoms with van der Waals surface area (Å²) in [7, 11) is 0. The van der Waals surface area contributed by atoms with Crippen LogP contribution in [0.4, 0.5) is 0 Å². The van der Waals surface area contributed by atoms with E-state index in [9.17, 15) is 9.59 Å². The van der Waals surface area contributed by atoms with Gasteiger partial charge in [0.05, 0.1) is 0 Å². The minimum Gasteiger partial charge on any atom is -0.398 e. The smallest absolute Gasteiger partial charge is 0.300 e. The van der Waals surface area contributed by atoms with Gasteiger partial charge in [-0.15, -0.1) is 0 Å². The van der Waals surface area contributed by atoms with Crippen LogP contribution in [0.3, 0.4) is 0 Å². The van der Waals surface area contributed by atoms with Gasteiger partial charge >= 0.3 is 12.9 Å². The minimum atomic E-state index is -1.50. The van der Waals surface area contributed by atoms with Gasteiger partial charge in [0.1, 0.15) is 0 Å². The standard InChI is InChI=1S/C2H2O3.Ti/c3-1-5-2-4;/h1-2H;/i1T,2T;. The molecule has 0 aliphatic heterocycles. The molecule has 6 heavy (non-hydrogen) atoms. The van der Waals surface area contributed by atoms with Crippen molar-refractivity contribution in [2.75, 3.05) is 0 Å². The fourth-order valence-corrected chi connectivity index (χ4v) is 0.0170. The van der Waals surface area contributed by atoms with E-state index in [-0.39, 0.29) is 21.7 Å². The zero-order valence-corrected chi connectivity index (χ0v) is 4.29. The van der Waals surface area contributed by atoms with E-state index in [1.807, 2.05) is 0 Å². The molecule has 0 aromatic heterocycles. The van der Waals surface area contributed by atoms with Gasteiger partial charge in [0, 0.05) is 21.7 Å². The minimum absolute atomic E-state index is 0. The van der Waals surface area contributed by atoms with Crippen LogP contribution in [0.5, 0.6) is 0 Å². The molecule has 0 aromatic rings. The molecule has 0 saturated heterocycles. The van der Waals surface area contributed by atoms with Crippen molar-refractivity contribution in [3.63, 3.8) is 0 Å². The SMILES string of the molecule is [3H]C(=O)OC([3H])=O.[Ti]. The van der Waals surface area contributed by atoms with Gasteiger partial charge in [0.25, 0.3) is 0 Å². The Morgan fingerprint density at radius 1 is 1.50 bits per heavy atom. The topological polar surface area (TPSA) is 43.4 Å². The Hall–Kier alpha value is -0.146. The van der Waals surface area contributed by atoms with E-state index in [0.717, 1.165) is 0 Å². The van der Waals surface area contributed by atoms with Crippen LogP contribution in [0.25, 0.3) is 0 Å². The van der Waals surface area contributed by atoms with Crippen LogP contribution in [-0.4, -0.2) is 12.9 Å². The Morgan fingerprint density at radius 3 is 1.83 bits per heavy atom. The third-order valence-electron chi connectivity index (χ3n) is 0.0833. The molecule has 4 heteroatoms. The van der Waals surface area contributed by atoms with Crippen LogP contribution in [0, 0.1) is 0 Å². The van der Waals surface area contributed by atoms with Crippen LogP contribution in [0.1, 0.15) is 2.74 Å². The molecule has 0 unspecified atom stereocenters. The molecule has 0 radical (unpaired) electrons. The van der Waals surface area contributed by atoms with Gasteiger partial charge in [-0.1, -0.05) is 0 Å². The normalized spacial score (nSPS) is 9.33. The summed E-state index contributed by atoms with van der Waals surface area (Å²) >= 11 is 0. The van der Waals surface area contributed by atoms with Crippen molar-refractivity contribution in [1.29, 1.82) is 0 Å². The Bertz CT molecular complexity index is 91.5. The van der Waals surface area contributed by atoms with E-state index >= 15 is 0 Å². The van der Waals surface area contributed by atoms with Gasteiger partial charge < -0.3 is 4.74 Å². The summed E-state index contributed by atoms with van der Waals surface area (Å²) in [4.78, 5) is 18.7. The maximum atomic E-state index is 9.36. The van der Waals surface area contributed by atoms with Gasteiger partial charge in [-0.05, 0) is 0 Å². The Labute approximate surface area is 52.4 Å². The molecular formula is C2H2O3Ti. The number of carbonyl (C=O) groups is 2. The quantitative estimate of drug-likeness (QED) is 0.245. The zero-order chi connectivity index (χ0) is 5.86. The van der Waals surface area contributed by atoms with Crippen LogP contribution < -0.4 is 0 Å². The molecule has 0 bridgehead atoms. The molecule has 0 aromatic carbocycles. The van der Waals surface area contributed by atoms with Crippen molar-refractivity contribution in [3.8, 4) is 0 Å². The predicted molar refractivity (Wildman–Crippen MR) is 13.2 cm³/mol. The summed E-state index contributed by atoms with van der Waals surface area (Å²) < 4.78 is 15.1. The zero-order valence-electron chi connectivity index (χ0n) is 4.72. The summed E-state index contributed by atoms with van der Waals surface area (Å²) in [6.07, 6.45) is -3.00. The average Bonchev–Trinajstić information content (AvgIpc) is 1.27. The molecule has 0 heterocycles. The Kier molecular flexibility index (Phi) is 5.94. The number of ether oxygens (including phenoxy) is 1. The van der Waals surface area contributed by atoms with Crippen molar-refractivity contribution in [2.24, 2.45) is 0 Å². The third-order valence-corrected chi connectivity index (χ3v) is 0.0833. The molecule has 0 N–H and O–H groups in total. The van der Waals surface area contributed by atoms with Crippen molar-refractivity contribution < 1.29 is 38.8 Å². The second-order valence-electron chi connectivity index (χ2n) is 0.269. The first-order chi connectivity index (χ1) is 3.13. The van der Waals surface area contributed by atoms with Gasteiger partial charge in [-0.2, -0.15) is 0 Å². The first kappa shape index (κ1) is 4.03. The maximum Gasteiger partial charge on any atom is 0.300 e.